The average molecular weight is 421 g/mol. The van der Waals surface area contributed by atoms with Crippen molar-refractivity contribution in [1.82, 2.24) is 4.90 Å². The van der Waals surface area contributed by atoms with Crippen molar-refractivity contribution in [3.8, 4) is 0 Å². The minimum Gasteiger partial charge on any atom is -0.473 e. The first-order valence-corrected chi connectivity index (χ1v) is 9.39. The second-order valence-electron chi connectivity index (χ2n) is 6.18. The number of nitrogens with one attached hydrogen (secondary N) is 1. The van der Waals surface area contributed by atoms with Crippen LogP contribution in [0.2, 0.25) is 5.02 Å². The molecule has 0 aliphatic carbocycles. The van der Waals surface area contributed by atoms with Crippen molar-refractivity contribution in [3.63, 3.8) is 0 Å². The van der Waals surface area contributed by atoms with Gasteiger partial charge in [0.25, 0.3) is 0 Å². The molecular formula is C21H25ClN2O5. The molecular weight excluding hydrogens is 396 g/mol. The van der Waals surface area contributed by atoms with E-state index >= 15 is 0 Å². The third-order valence-electron chi connectivity index (χ3n) is 4.08. The third kappa shape index (κ3) is 9.23. The van der Waals surface area contributed by atoms with Gasteiger partial charge in [0.1, 0.15) is 0 Å². The van der Waals surface area contributed by atoms with Gasteiger partial charge < -0.3 is 15.5 Å². The fourth-order valence-electron chi connectivity index (χ4n) is 2.41. The van der Waals surface area contributed by atoms with Gasteiger partial charge in [0.15, 0.2) is 0 Å². The van der Waals surface area contributed by atoms with Crippen molar-refractivity contribution in [2.75, 3.05) is 18.4 Å². The molecule has 2 rings (SSSR count). The van der Waals surface area contributed by atoms with Gasteiger partial charge >= 0.3 is 11.9 Å². The molecule has 0 aliphatic heterocycles. The van der Waals surface area contributed by atoms with E-state index < -0.39 is 11.9 Å². The number of nitrogens with zero attached hydrogens (tertiary/aromatic N) is 1. The van der Waals surface area contributed by atoms with Crippen molar-refractivity contribution < 1.29 is 24.6 Å². The molecule has 0 aliphatic rings. The molecule has 2 aromatic carbocycles. The van der Waals surface area contributed by atoms with Gasteiger partial charge in [0, 0.05) is 30.2 Å². The third-order valence-corrected chi connectivity index (χ3v) is 4.49. The lowest BCUT2D eigenvalue weighted by molar-refractivity contribution is -0.159. The average Bonchev–Trinajstić information content (AvgIpc) is 2.70. The Morgan fingerprint density at radius 3 is 2.17 bits per heavy atom. The number of amides is 1. The Morgan fingerprint density at radius 1 is 1.00 bits per heavy atom. The van der Waals surface area contributed by atoms with Crippen LogP contribution >= 0.6 is 11.6 Å². The highest BCUT2D eigenvalue weighted by Crippen LogP contribution is 2.23. The van der Waals surface area contributed by atoms with Crippen molar-refractivity contribution in [2.24, 2.45) is 0 Å². The molecule has 0 unspecified atom stereocenters. The van der Waals surface area contributed by atoms with Crippen LogP contribution in [0.5, 0.6) is 0 Å². The molecule has 0 heterocycles. The summed E-state index contributed by atoms with van der Waals surface area (Å²) in [5.74, 6) is -3.63. The molecule has 29 heavy (non-hydrogen) atoms. The van der Waals surface area contributed by atoms with Crippen molar-refractivity contribution in [3.05, 3.63) is 64.7 Å². The fourth-order valence-corrected chi connectivity index (χ4v) is 2.58. The van der Waals surface area contributed by atoms with Crippen LogP contribution in [-0.2, 0) is 20.9 Å². The number of benzene rings is 2. The fraction of sp³-hybridized carbons (Fsp3) is 0.286. The number of carbonyl (C=O) groups is 3. The largest absolute Gasteiger partial charge is 0.473 e. The lowest BCUT2D eigenvalue weighted by atomic mass is 10.2. The summed E-state index contributed by atoms with van der Waals surface area (Å²) in [7, 11) is 0. The first kappa shape index (κ1) is 24.1. The smallest absolute Gasteiger partial charge is 0.414 e. The SMILES string of the molecule is CCN(CCC(=O)Nc1cccc(Cl)c1C)Cc1ccccc1.O=C(O)C(=O)O. The zero-order valence-electron chi connectivity index (χ0n) is 16.4. The highest BCUT2D eigenvalue weighted by molar-refractivity contribution is 6.31. The van der Waals surface area contributed by atoms with Gasteiger partial charge in [0.05, 0.1) is 0 Å². The van der Waals surface area contributed by atoms with Crippen molar-refractivity contribution in [2.45, 2.75) is 26.8 Å². The topological polar surface area (TPSA) is 107 Å². The van der Waals surface area contributed by atoms with Gasteiger partial charge in [-0.3, -0.25) is 9.69 Å². The van der Waals surface area contributed by atoms with Gasteiger partial charge in [-0.25, -0.2) is 9.59 Å². The van der Waals surface area contributed by atoms with Gasteiger partial charge in [-0.15, -0.1) is 0 Å². The van der Waals surface area contributed by atoms with E-state index in [4.69, 9.17) is 31.4 Å². The van der Waals surface area contributed by atoms with Crippen molar-refractivity contribution >= 4 is 35.1 Å². The summed E-state index contributed by atoms with van der Waals surface area (Å²) in [4.78, 5) is 32.6. The van der Waals surface area contributed by atoms with Gasteiger partial charge in [-0.2, -0.15) is 0 Å². The number of anilines is 1. The number of hydrogen-bond acceptors (Lipinski definition) is 4. The molecule has 7 nitrogen and oxygen atoms in total. The van der Waals surface area contributed by atoms with E-state index in [1.807, 2.05) is 43.3 Å². The predicted molar refractivity (Wildman–Crippen MR) is 112 cm³/mol. The number of rotatable bonds is 7. The maximum atomic E-state index is 12.2. The van der Waals surface area contributed by atoms with Crippen LogP contribution in [0.1, 0.15) is 24.5 Å². The predicted octanol–water partition coefficient (Wildman–Crippen LogP) is 3.65. The van der Waals surface area contributed by atoms with E-state index in [1.54, 1.807) is 0 Å². The Hall–Kier alpha value is -2.90. The molecule has 2 aromatic rings. The number of halogens is 1. The van der Waals surface area contributed by atoms with E-state index in [0.29, 0.717) is 11.4 Å². The highest BCUT2D eigenvalue weighted by Gasteiger charge is 2.10. The lowest BCUT2D eigenvalue weighted by Gasteiger charge is -2.20. The second-order valence-corrected chi connectivity index (χ2v) is 6.58. The maximum Gasteiger partial charge on any atom is 0.414 e. The Labute approximate surface area is 174 Å². The van der Waals surface area contributed by atoms with Crippen LogP contribution in [-0.4, -0.2) is 46.0 Å². The molecule has 0 bridgehead atoms. The molecule has 0 saturated carbocycles. The monoisotopic (exact) mass is 420 g/mol. The van der Waals surface area contributed by atoms with Gasteiger partial charge in [-0.05, 0) is 36.7 Å². The van der Waals surface area contributed by atoms with Crippen LogP contribution in [0, 0.1) is 6.92 Å². The normalized spacial score (nSPS) is 10.1. The van der Waals surface area contributed by atoms with E-state index in [0.717, 1.165) is 30.9 Å². The summed E-state index contributed by atoms with van der Waals surface area (Å²) >= 11 is 6.08. The summed E-state index contributed by atoms with van der Waals surface area (Å²) in [6, 6.07) is 15.9. The zero-order valence-corrected chi connectivity index (χ0v) is 17.1. The standard InChI is InChI=1S/C19H23ClN2O.C2H2O4/c1-3-22(14-16-8-5-4-6-9-16)13-12-19(23)21-18-11-7-10-17(20)15(18)2;3-1(4)2(5)6/h4-11H,3,12-14H2,1-2H3,(H,21,23);(H,3,4)(H,5,6). The van der Waals surface area contributed by atoms with Crippen LogP contribution in [0.4, 0.5) is 5.69 Å². The van der Waals surface area contributed by atoms with Crippen molar-refractivity contribution in [1.29, 1.82) is 0 Å². The quantitative estimate of drug-likeness (QED) is 0.590. The molecule has 0 atom stereocenters. The summed E-state index contributed by atoms with van der Waals surface area (Å²) < 4.78 is 0. The number of aliphatic carboxylic acids is 2. The molecule has 0 aromatic heterocycles. The van der Waals surface area contributed by atoms with E-state index in [9.17, 15) is 4.79 Å². The number of carboxylic acid groups (broad SMARTS) is 2. The maximum absolute atomic E-state index is 12.2. The minimum atomic E-state index is -1.82. The van der Waals surface area contributed by atoms with Crippen LogP contribution in [0.15, 0.2) is 48.5 Å². The molecule has 156 valence electrons. The first-order valence-electron chi connectivity index (χ1n) is 9.02. The van der Waals surface area contributed by atoms with Crippen LogP contribution in [0.25, 0.3) is 0 Å². The summed E-state index contributed by atoms with van der Waals surface area (Å²) in [5.41, 5.74) is 2.95. The number of hydrogen-bond donors (Lipinski definition) is 3. The first-order chi connectivity index (χ1) is 13.7. The molecule has 1 amide bonds. The number of carbonyl (C=O) groups excluding carboxylic acids is 1. The molecule has 0 radical (unpaired) electrons. The molecule has 3 N–H and O–H groups in total. The molecule has 8 heteroatoms. The molecule has 0 saturated heterocycles. The summed E-state index contributed by atoms with van der Waals surface area (Å²) in [5, 5.41) is 18.4. The van der Waals surface area contributed by atoms with Gasteiger partial charge in [-0.1, -0.05) is 54.9 Å². The Morgan fingerprint density at radius 2 is 1.62 bits per heavy atom. The van der Waals surface area contributed by atoms with Crippen LogP contribution < -0.4 is 5.32 Å². The van der Waals surface area contributed by atoms with Crippen LogP contribution in [0.3, 0.4) is 0 Å². The van der Waals surface area contributed by atoms with E-state index in [-0.39, 0.29) is 5.91 Å². The number of carboxylic acids is 2. The summed E-state index contributed by atoms with van der Waals surface area (Å²) in [6.45, 7) is 6.53. The summed E-state index contributed by atoms with van der Waals surface area (Å²) in [6.07, 6.45) is 0.465. The molecule has 0 fully saturated rings. The van der Waals surface area contributed by atoms with Gasteiger partial charge in [0.2, 0.25) is 5.91 Å². The van der Waals surface area contributed by atoms with E-state index in [2.05, 4.69) is 29.3 Å². The second kappa shape index (κ2) is 12.5. The molecule has 0 spiro atoms. The zero-order chi connectivity index (χ0) is 21.8. The Balaban J connectivity index is 0.000000612. The van der Waals surface area contributed by atoms with E-state index in [1.165, 1.54) is 5.56 Å². The Kier molecular flexibility index (Phi) is 10.4. The Bertz CT molecular complexity index is 815. The lowest BCUT2D eigenvalue weighted by Crippen LogP contribution is -2.27. The highest BCUT2D eigenvalue weighted by atomic mass is 35.5. The minimum absolute atomic E-state index is 0.0156.